The summed E-state index contributed by atoms with van der Waals surface area (Å²) in [7, 11) is 0. The lowest BCUT2D eigenvalue weighted by molar-refractivity contribution is -0.122. The molecule has 0 fully saturated rings. The number of para-hydroxylation sites is 2. The molecule has 2 N–H and O–H groups in total. The summed E-state index contributed by atoms with van der Waals surface area (Å²) in [5.41, 5.74) is 4.91. The zero-order valence-electron chi connectivity index (χ0n) is 17.5. The summed E-state index contributed by atoms with van der Waals surface area (Å²) in [4.78, 5) is 20.7. The Morgan fingerprint density at radius 3 is 2.76 bits per heavy atom. The highest BCUT2D eigenvalue weighted by atomic mass is 16.1. The number of H-pyrrole nitrogens is 1. The van der Waals surface area contributed by atoms with Gasteiger partial charge in [-0.1, -0.05) is 26.0 Å². The summed E-state index contributed by atoms with van der Waals surface area (Å²) < 4.78 is 1.86. The molecule has 7 nitrogen and oxygen atoms in total. The summed E-state index contributed by atoms with van der Waals surface area (Å²) in [6.07, 6.45) is 1.44. The first kappa shape index (κ1) is 20.6. The van der Waals surface area contributed by atoms with Crippen molar-refractivity contribution in [2.45, 2.75) is 59.5 Å². The molecule has 3 aromatic rings. The number of imidazole rings is 1. The SMILES string of the molecule is Cc1nn(CCC#N)c(C)c1CCC(=O)NC(c1nc2ccccc2[nH]1)C(C)C. The van der Waals surface area contributed by atoms with Gasteiger partial charge < -0.3 is 10.3 Å². The van der Waals surface area contributed by atoms with E-state index in [0.717, 1.165) is 33.8 Å². The van der Waals surface area contributed by atoms with Crippen molar-refractivity contribution >= 4 is 16.9 Å². The minimum Gasteiger partial charge on any atom is -0.346 e. The van der Waals surface area contributed by atoms with E-state index in [2.05, 4.69) is 40.3 Å². The summed E-state index contributed by atoms with van der Waals surface area (Å²) in [6, 6.07) is 9.85. The number of benzene rings is 1. The van der Waals surface area contributed by atoms with Crippen LogP contribution in [0, 0.1) is 31.1 Å². The number of hydrogen-bond acceptors (Lipinski definition) is 4. The Morgan fingerprint density at radius 1 is 1.31 bits per heavy atom. The number of nitrogens with one attached hydrogen (secondary N) is 2. The van der Waals surface area contributed by atoms with Crippen LogP contribution in [0.5, 0.6) is 0 Å². The number of carbonyl (C=O) groups is 1. The molecule has 2 heterocycles. The van der Waals surface area contributed by atoms with Crippen LogP contribution < -0.4 is 5.32 Å². The fraction of sp³-hybridized carbons (Fsp3) is 0.455. The number of aromatic nitrogens is 4. The van der Waals surface area contributed by atoms with Crippen LogP contribution in [0.4, 0.5) is 0 Å². The molecule has 1 atom stereocenters. The van der Waals surface area contributed by atoms with E-state index in [4.69, 9.17) is 5.26 Å². The second-order valence-electron chi connectivity index (χ2n) is 7.71. The Kier molecular flexibility index (Phi) is 6.32. The van der Waals surface area contributed by atoms with Gasteiger partial charge in [0.15, 0.2) is 0 Å². The lowest BCUT2D eigenvalue weighted by Crippen LogP contribution is -2.32. The van der Waals surface area contributed by atoms with Gasteiger partial charge in [0.1, 0.15) is 5.82 Å². The van der Waals surface area contributed by atoms with Crippen LogP contribution in [-0.4, -0.2) is 25.7 Å². The number of fused-ring (bicyclic) bond motifs is 1. The molecule has 0 aliphatic carbocycles. The fourth-order valence-corrected chi connectivity index (χ4v) is 3.62. The van der Waals surface area contributed by atoms with Crippen LogP contribution in [0.15, 0.2) is 24.3 Å². The molecule has 0 radical (unpaired) electrons. The third kappa shape index (κ3) is 4.65. The number of hydrogen-bond donors (Lipinski definition) is 2. The molecule has 1 amide bonds. The molecule has 2 aromatic heterocycles. The van der Waals surface area contributed by atoms with E-state index in [-0.39, 0.29) is 17.9 Å². The highest BCUT2D eigenvalue weighted by Crippen LogP contribution is 2.23. The van der Waals surface area contributed by atoms with Gasteiger partial charge in [-0.15, -0.1) is 0 Å². The molecule has 1 aromatic carbocycles. The van der Waals surface area contributed by atoms with Crippen LogP contribution in [-0.2, 0) is 17.8 Å². The molecule has 0 spiro atoms. The van der Waals surface area contributed by atoms with Crippen molar-refractivity contribution in [3.8, 4) is 6.07 Å². The molecular weight excluding hydrogens is 364 g/mol. The predicted octanol–water partition coefficient (Wildman–Crippen LogP) is 3.74. The molecule has 0 aliphatic heterocycles. The van der Waals surface area contributed by atoms with E-state index in [9.17, 15) is 4.79 Å². The average Bonchev–Trinajstić information content (AvgIpc) is 3.23. The molecule has 7 heteroatoms. The first-order valence-corrected chi connectivity index (χ1v) is 10.0. The number of amides is 1. The second kappa shape index (κ2) is 8.91. The van der Waals surface area contributed by atoms with Gasteiger partial charge in [-0.05, 0) is 43.9 Å². The third-order valence-corrected chi connectivity index (χ3v) is 5.25. The van der Waals surface area contributed by atoms with Crippen LogP contribution >= 0.6 is 0 Å². The Bertz CT molecular complexity index is 1010. The van der Waals surface area contributed by atoms with Gasteiger partial charge in [0.2, 0.25) is 5.91 Å². The van der Waals surface area contributed by atoms with Crippen molar-refractivity contribution in [2.24, 2.45) is 5.92 Å². The number of aromatic amines is 1. The van der Waals surface area contributed by atoms with Gasteiger partial charge in [0.05, 0.1) is 41.8 Å². The van der Waals surface area contributed by atoms with E-state index < -0.39 is 0 Å². The van der Waals surface area contributed by atoms with E-state index >= 15 is 0 Å². The molecule has 0 saturated carbocycles. The van der Waals surface area contributed by atoms with Crippen LogP contribution in [0.3, 0.4) is 0 Å². The molecule has 29 heavy (non-hydrogen) atoms. The Morgan fingerprint density at radius 2 is 2.07 bits per heavy atom. The molecule has 152 valence electrons. The van der Waals surface area contributed by atoms with Gasteiger partial charge in [0.25, 0.3) is 0 Å². The van der Waals surface area contributed by atoms with E-state index in [1.807, 2.05) is 42.8 Å². The van der Waals surface area contributed by atoms with Crippen molar-refractivity contribution in [1.82, 2.24) is 25.1 Å². The topological polar surface area (TPSA) is 99.4 Å². The summed E-state index contributed by atoms with van der Waals surface area (Å²) in [5.74, 6) is 0.982. The lowest BCUT2D eigenvalue weighted by Gasteiger charge is -2.20. The zero-order chi connectivity index (χ0) is 21.0. The maximum atomic E-state index is 12.7. The first-order chi connectivity index (χ1) is 13.9. The Hall–Kier alpha value is -3.14. The quantitative estimate of drug-likeness (QED) is 0.610. The molecule has 3 rings (SSSR count). The molecule has 0 aliphatic rings. The van der Waals surface area contributed by atoms with Gasteiger partial charge in [-0.2, -0.15) is 10.4 Å². The van der Waals surface area contributed by atoms with Crippen molar-refractivity contribution in [1.29, 1.82) is 5.26 Å². The van der Waals surface area contributed by atoms with Crippen molar-refractivity contribution in [2.75, 3.05) is 0 Å². The summed E-state index contributed by atoms with van der Waals surface area (Å²) >= 11 is 0. The number of rotatable bonds is 8. The van der Waals surface area contributed by atoms with E-state index in [1.165, 1.54) is 0 Å². The largest absolute Gasteiger partial charge is 0.346 e. The molecule has 0 bridgehead atoms. The second-order valence-corrected chi connectivity index (χ2v) is 7.71. The third-order valence-electron chi connectivity index (χ3n) is 5.25. The minimum absolute atomic E-state index is 0.00673. The monoisotopic (exact) mass is 392 g/mol. The average molecular weight is 393 g/mol. The number of carbonyl (C=O) groups excluding carboxylic acids is 1. The highest BCUT2D eigenvalue weighted by Gasteiger charge is 2.22. The smallest absolute Gasteiger partial charge is 0.220 e. The van der Waals surface area contributed by atoms with E-state index in [1.54, 1.807) is 0 Å². The van der Waals surface area contributed by atoms with Gasteiger partial charge in [-0.25, -0.2) is 4.98 Å². The van der Waals surface area contributed by atoms with Crippen LogP contribution in [0.1, 0.15) is 55.5 Å². The number of nitriles is 1. The minimum atomic E-state index is -0.171. The number of nitrogens with zero attached hydrogens (tertiary/aromatic N) is 4. The predicted molar refractivity (Wildman–Crippen MR) is 112 cm³/mol. The van der Waals surface area contributed by atoms with Crippen LogP contribution in [0.25, 0.3) is 11.0 Å². The molecule has 1 unspecified atom stereocenters. The fourth-order valence-electron chi connectivity index (χ4n) is 3.62. The maximum absolute atomic E-state index is 12.7. The van der Waals surface area contributed by atoms with Gasteiger partial charge >= 0.3 is 0 Å². The van der Waals surface area contributed by atoms with Crippen molar-refractivity contribution in [3.05, 3.63) is 47.0 Å². The Balaban J connectivity index is 1.67. The maximum Gasteiger partial charge on any atom is 0.220 e. The highest BCUT2D eigenvalue weighted by molar-refractivity contribution is 5.78. The summed E-state index contributed by atoms with van der Waals surface area (Å²) in [6.45, 7) is 8.68. The van der Waals surface area contributed by atoms with Crippen LogP contribution in [0.2, 0.25) is 0 Å². The van der Waals surface area contributed by atoms with Gasteiger partial charge in [-0.3, -0.25) is 9.48 Å². The standard InChI is InChI=1S/C22H28N6O/c1-14(2)21(22-24-18-8-5-6-9-19(18)25-22)26-20(29)11-10-17-15(3)27-28(16(17)4)13-7-12-23/h5-6,8-9,14,21H,7,10-11,13H2,1-4H3,(H,24,25)(H,26,29). The van der Waals surface area contributed by atoms with Gasteiger partial charge in [0, 0.05) is 12.1 Å². The first-order valence-electron chi connectivity index (χ1n) is 10.0. The number of aryl methyl sites for hydroxylation is 2. The molecular formula is C22H28N6O. The van der Waals surface area contributed by atoms with Crippen molar-refractivity contribution < 1.29 is 4.79 Å². The van der Waals surface area contributed by atoms with E-state index in [0.29, 0.717) is 25.8 Å². The van der Waals surface area contributed by atoms with Crippen molar-refractivity contribution in [3.63, 3.8) is 0 Å². The zero-order valence-corrected chi connectivity index (χ0v) is 17.5. The lowest BCUT2D eigenvalue weighted by atomic mass is 10.0. The molecule has 0 saturated heterocycles. The normalized spacial score (nSPS) is 12.3. The Labute approximate surface area is 171 Å². The summed E-state index contributed by atoms with van der Waals surface area (Å²) in [5, 5.41) is 16.4.